The van der Waals surface area contributed by atoms with Crippen molar-refractivity contribution in [3.63, 3.8) is 0 Å². The van der Waals surface area contributed by atoms with Gasteiger partial charge in [-0.25, -0.2) is 0 Å². The van der Waals surface area contributed by atoms with Gasteiger partial charge in [-0.15, -0.1) is 0 Å². The highest BCUT2D eigenvalue weighted by atomic mass is 16.3. The Bertz CT molecular complexity index is 842. The molecular weight excluding hydrogens is 386 g/mol. The Morgan fingerprint density at radius 3 is 2.71 bits per heavy atom. The molecule has 4 fully saturated rings. The van der Waals surface area contributed by atoms with E-state index in [9.17, 15) is 10.2 Å². The Hall–Kier alpha value is -1.38. The van der Waals surface area contributed by atoms with Gasteiger partial charge in [0.15, 0.2) is 0 Å². The monoisotopic (exact) mass is 425 g/mol. The summed E-state index contributed by atoms with van der Waals surface area (Å²) in [7, 11) is 0. The van der Waals surface area contributed by atoms with Gasteiger partial charge in [0.05, 0.1) is 30.0 Å². The number of fused-ring (bicyclic) bond motifs is 5. The number of aliphatic hydroxyl groups excluding tert-OH is 1. The SMILES string of the molecule is C[C@@]1(O)CC[C@H]2[C@@H](CCC[C@@H]3[C@@H]2CC[C@]2(C)[C@@H](C(O)Cn4cc(C#N)cn4)CC[C@@H]32)C1. The molecule has 1 aromatic rings. The number of aliphatic hydroxyl groups is 2. The molecule has 9 atom stereocenters. The second kappa shape index (κ2) is 7.89. The molecule has 170 valence electrons. The van der Waals surface area contributed by atoms with Crippen molar-refractivity contribution < 1.29 is 10.2 Å². The van der Waals surface area contributed by atoms with E-state index >= 15 is 0 Å². The van der Waals surface area contributed by atoms with Gasteiger partial charge < -0.3 is 10.2 Å². The summed E-state index contributed by atoms with van der Waals surface area (Å²) < 4.78 is 1.75. The topological polar surface area (TPSA) is 82.1 Å². The Morgan fingerprint density at radius 1 is 1.13 bits per heavy atom. The second-order valence-electron chi connectivity index (χ2n) is 11.9. The Kier molecular flexibility index (Phi) is 5.46. The molecule has 1 heterocycles. The molecule has 4 aliphatic rings. The van der Waals surface area contributed by atoms with Gasteiger partial charge >= 0.3 is 0 Å². The van der Waals surface area contributed by atoms with Gasteiger partial charge in [-0.05, 0) is 99.2 Å². The summed E-state index contributed by atoms with van der Waals surface area (Å²) in [6, 6.07) is 2.13. The second-order valence-corrected chi connectivity index (χ2v) is 11.9. The lowest BCUT2D eigenvalue weighted by Crippen LogP contribution is -2.48. The number of rotatable bonds is 3. The van der Waals surface area contributed by atoms with Crippen LogP contribution in [0.1, 0.15) is 83.6 Å². The van der Waals surface area contributed by atoms with Gasteiger partial charge in [0.1, 0.15) is 6.07 Å². The van der Waals surface area contributed by atoms with Crippen molar-refractivity contribution in [3.8, 4) is 6.07 Å². The van der Waals surface area contributed by atoms with E-state index in [0.29, 0.717) is 23.9 Å². The molecule has 31 heavy (non-hydrogen) atoms. The van der Waals surface area contributed by atoms with Crippen LogP contribution in [-0.4, -0.2) is 31.7 Å². The van der Waals surface area contributed by atoms with Gasteiger partial charge in [0, 0.05) is 6.20 Å². The fraction of sp³-hybridized carbons (Fsp3) is 0.846. The van der Waals surface area contributed by atoms with Crippen LogP contribution in [0.2, 0.25) is 0 Å². The molecule has 0 saturated heterocycles. The van der Waals surface area contributed by atoms with Crippen molar-refractivity contribution in [1.82, 2.24) is 9.78 Å². The van der Waals surface area contributed by atoms with E-state index in [0.717, 1.165) is 42.9 Å². The molecule has 2 N–H and O–H groups in total. The highest BCUT2D eigenvalue weighted by Crippen LogP contribution is 2.64. The third-order valence-corrected chi connectivity index (χ3v) is 10.2. The van der Waals surface area contributed by atoms with Crippen LogP contribution in [0.15, 0.2) is 12.4 Å². The minimum Gasteiger partial charge on any atom is -0.391 e. The maximum Gasteiger partial charge on any atom is 0.102 e. The predicted molar refractivity (Wildman–Crippen MR) is 119 cm³/mol. The van der Waals surface area contributed by atoms with Gasteiger partial charge in [0.2, 0.25) is 0 Å². The van der Waals surface area contributed by atoms with E-state index in [2.05, 4.69) is 18.1 Å². The maximum atomic E-state index is 11.2. The summed E-state index contributed by atoms with van der Waals surface area (Å²) in [6.07, 6.45) is 14.9. The molecule has 0 aliphatic heterocycles. The minimum atomic E-state index is -0.454. The van der Waals surface area contributed by atoms with Crippen LogP contribution in [0, 0.1) is 52.3 Å². The predicted octanol–water partition coefficient (Wildman–Crippen LogP) is 4.53. The van der Waals surface area contributed by atoms with Crippen molar-refractivity contribution in [2.45, 2.75) is 96.3 Å². The molecule has 0 aromatic carbocycles. The van der Waals surface area contributed by atoms with Crippen LogP contribution < -0.4 is 0 Å². The van der Waals surface area contributed by atoms with Crippen LogP contribution in [0.25, 0.3) is 0 Å². The van der Waals surface area contributed by atoms with E-state index in [4.69, 9.17) is 5.26 Å². The zero-order valence-electron chi connectivity index (χ0n) is 19.2. The minimum absolute atomic E-state index is 0.214. The van der Waals surface area contributed by atoms with Crippen molar-refractivity contribution in [2.24, 2.45) is 40.9 Å². The molecule has 0 amide bonds. The summed E-state index contributed by atoms with van der Waals surface area (Å²) in [6.45, 7) is 5.00. The first-order chi connectivity index (χ1) is 14.8. The van der Waals surface area contributed by atoms with Crippen LogP contribution >= 0.6 is 0 Å². The number of nitriles is 1. The fourth-order valence-electron chi connectivity index (χ4n) is 8.80. The summed E-state index contributed by atoms with van der Waals surface area (Å²) >= 11 is 0. The lowest BCUT2D eigenvalue weighted by Gasteiger charge is -2.53. The highest BCUT2D eigenvalue weighted by Gasteiger charge is 2.57. The van der Waals surface area contributed by atoms with E-state index in [1.807, 2.05) is 6.92 Å². The number of hydrogen-bond donors (Lipinski definition) is 2. The number of hydrogen-bond acceptors (Lipinski definition) is 4. The van der Waals surface area contributed by atoms with Gasteiger partial charge in [-0.1, -0.05) is 19.8 Å². The third kappa shape index (κ3) is 3.74. The van der Waals surface area contributed by atoms with E-state index in [-0.39, 0.29) is 5.41 Å². The van der Waals surface area contributed by atoms with Gasteiger partial charge in [0.25, 0.3) is 0 Å². The Morgan fingerprint density at radius 2 is 1.94 bits per heavy atom. The highest BCUT2D eigenvalue weighted by molar-refractivity contribution is 5.21. The van der Waals surface area contributed by atoms with Crippen molar-refractivity contribution >= 4 is 0 Å². The van der Waals surface area contributed by atoms with Crippen LogP contribution in [0.3, 0.4) is 0 Å². The Labute approximate surface area is 186 Å². The molecule has 4 saturated carbocycles. The molecule has 1 unspecified atom stereocenters. The first-order valence-corrected chi connectivity index (χ1v) is 12.6. The largest absolute Gasteiger partial charge is 0.391 e. The fourth-order valence-corrected chi connectivity index (χ4v) is 8.80. The standard InChI is InChI=1S/C26H39N3O2/c1-25(31)10-8-19-18(12-25)4-3-5-21-20(19)9-11-26(2)22(21)6-7-23(26)24(30)16-29-15-17(13-27)14-28-29/h14-15,18-24,30-31H,3-12,16H2,1-2H3/t18-,19-,20+,21+,22-,23+,24?,25+,26-/m0/s1. The van der Waals surface area contributed by atoms with E-state index in [1.165, 1.54) is 44.9 Å². The Balaban J connectivity index is 1.32. The molecule has 4 aliphatic carbocycles. The molecule has 0 spiro atoms. The van der Waals surface area contributed by atoms with Crippen molar-refractivity contribution in [1.29, 1.82) is 5.26 Å². The molecule has 5 nitrogen and oxygen atoms in total. The van der Waals surface area contributed by atoms with Gasteiger partial charge in [-0.2, -0.15) is 10.4 Å². The average molecular weight is 426 g/mol. The summed E-state index contributed by atoms with van der Waals surface area (Å²) in [5.41, 5.74) is 0.318. The normalized spacial score (nSPS) is 45.6. The zero-order chi connectivity index (χ0) is 21.8. The smallest absolute Gasteiger partial charge is 0.102 e. The van der Waals surface area contributed by atoms with E-state index < -0.39 is 11.7 Å². The van der Waals surface area contributed by atoms with Crippen LogP contribution in [0.5, 0.6) is 0 Å². The van der Waals surface area contributed by atoms with Crippen LogP contribution in [0.4, 0.5) is 0 Å². The quantitative estimate of drug-likeness (QED) is 0.746. The van der Waals surface area contributed by atoms with Crippen molar-refractivity contribution in [3.05, 3.63) is 18.0 Å². The number of nitrogens with zero attached hydrogens (tertiary/aromatic N) is 3. The van der Waals surface area contributed by atoms with Crippen molar-refractivity contribution in [2.75, 3.05) is 0 Å². The first-order valence-electron chi connectivity index (χ1n) is 12.6. The molecular formula is C26H39N3O2. The summed E-state index contributed by atoms with van der Waals surface area (Å²) in [4.78, 5) is 0. The van der Waals surface area contributed by atoms with Gasteiger partial charge in [-0.3, -0.25) is 4.68 Å². The lowest BCUT2D eigenvalue weighted by atomic mass is 9.53. The molecule has 0 bridgehead atoms. The van der Waals surface area contributed by atoms with Crippen LogP contribution in [-0.2, 0) is 6.54 Å². The maximum absolute atomic E-state index is 11.2. The molecule has 5 heteroatoms. The first kappa shape index (κ1) is 21.5. The zero-order valence-corrected chi connectivity index (χ0v) is 19.2. The lowest BCUT2D eigenvalue weighted by molar-refractivity contribution is -0.0767. The third-order valence-electron chi connectivity index (χ3n) is 10.2. The molecule has 1 aromatic heterocycles. The average Bonchev–Trinajstić information content (AvgIpc) is 3.27. The summed E-state index contributed by atoms with van der Waals surface area (Å²) in [5.74, 6) is 4.17. The molecule has 5 rings (SSSR count). The summed E-state index contributed by atoms with van der Waals surface area (Å²) in [5, 5.41) is 35.2. The van der Waals surface area contributed by atoms with E-state index in [1.54, 1.807) is 17.1 Å². The number of aromatic nitrogens is 2. The molecule has 0 radical (unpaired) electrons.